The fourth-order valence-corrected chi connectivity index (χ4v) is 1.75. The first-order valence-corrected chi connectivity index (χ1v) is 5.76. The molecule has 0 bridgehead atoms. The third kappa shape index (κ3) is 2.98. The summed E-state index contributed by atoms with van der Waals surface area (Å²) < 4.78 is 39.3. The number of alkyl halides is 3. The van der Waals surface area contributed by atoms with E-state index in [9.17, 15) is 18.0 Å². The van der Waals surface area contributed by atoms with E-state index in [0.29, 0.717) is 11.4 Å². The molecule has 0 fully saturated rings. The molecular weight excluding hydrogens is 271 g/mol. The van der Waals surface area contributed by atoms with Crippen LogP contribution in [0.1, 0.15) is 21.6 Å². The van der Waals surface area contributed by atoms with Crippen LogP contribution in [0.5, 0.6) is 0 Å². The maximum atomic E-state index is 12.6. The average Bonchev–Trinajstić information content (AvgIpc) is 2.67. The Balaban J connectivity index is 2.24. The first kappa shape index (κ1) is 14.1. The van der Waals surface area contributed by atoms with Gasteiger partial charge in [0.2, 0.25) is 0 Å². The van der Waals surface area contributed by atoms with Crippen LogP contribution in [0.2, 0.25) is 0 Å². The van der Waals surface area contributed by atoms with E-state index >= 15 is 0 Å². The summed E-state index contributed by atoms with van der Waals surface area (Å²) in [6, 6.07) is 4.28. The van der Waals surface area contributed by atoms with Crippen LogP contribution in [0, 0.1) is 6.92 Å². The standard InChI is InChI=1S/C13H12F3N3O/c1-8-11(7-19(2)18-8)17-12(20)9-4-3-5-10(6-9)13(14,15)16/h3-7H,1-2H3,(H,17,20). The summed E-state index contributed by atoms with van der Waals surface area (Å²) >= 11 is 0. The second-order valence-electron chi connectivity index (χ2n) is 4.33. The zero-order chi connectivity index (χ0) is 14.9. The molecular formula is C13H12F3N3O. The molecule has 1 heterocycles. The van der Waals surface area contributed by atoms with Crippen molar-refractivity contribution < 1.29 is 18.0 Å². The van der Waals surface area contributed by atoms with Crippen LogP contribution in [-0.2, 0) is 13.2 Å². The normalized spacial score (nSPS) is 11.4. The summed E-state index contributed by atoms with van der Waals surface area (Å²) in [6.45, 7) is 1.70. The Kier molecular flexibility index (Phi) is 3.52. The number of hydrogen-bond acceptors (Lipinski definition) is 2. The number of hydrogen-bond donors (Lipinski definition) is 1. The van der Waals surface area contributed by atoms with E-state index < -0.39 is 17.6 Å². The fourth-order valence-electron chi connectivity index (χ4n) is 1.75. The van der Waals surface area contributed by atoms with Gasteiger partial charge in [-0.1, -0.05) is 6.07 Å². The van der Waals surface area contributed by atoms with Gasteiger partial charge in [-0.2, -0.15) is 18.3 Å². The number of halogens is 3. The lowest BCUT2D eigenvalue weighted by Crippen LogP contribution is -2.14. The molecule has 2 rings (SSSR count). The van der Waals surface area contributed by atoms with Gasteiger partial charge >= 0.3 is 6.18 Å². The summed E-state index contributed by atoms with van der Waals surface area (Å²) in [4.78, 5) is 11.9. The average molecular weight is 283 g/mol. The molecule has 0 unspecified atom stereocenters. The predicted octanol–water partition coefficient (Wildman–Crippen LogP) is 3.00. The molecule has 4 nitrogen and oxygen atoms in total. The number of carbonyl (C=O) groups excluding carboxylic acids is 1. The van der Waals surface area contributed by atoms with Crippen molar-refractivity contribution in [1.29, 1.82) is 0 Å². The van der Waals surface area contributed by atoms with Crippen molar-refractivity contribution in [2.24, 2.45) is 7.05 Å². The monoisotopic (exact) mass is 283 g/mol. The summed E-state index contributed by atoms with van der Waals surface area (Å²) in [5.74, 6) is -0.604. The maximum absolute atomic E-state index is 12.6. The molecule has 0 saturated heterocycles. The Labute approximate surface area is 113 Å². The Hall–Kier alpha value is -2.31. The van der Waals surface area contributed by atoms with Crippen molar-refractivity contribution in [3.05, 3.63) is 47.3 Å². The van der Waals surface area contributed by atoms with Crippen LogP contribution in [0.3, 0.4) is 0 Å². The molecule has 106 valence electrons. The Morgan fingerprint density at radius 3 is 2.60 bits per heavy atom. The number of nitrogens with one attached hydrogen (secondary N) is 1. The highest BCUT2D eigenvalue weighted by atomic mass is 19.4. The first-order chi connectivity index (χ1) is 9.27. The number of nitrogens with zero attached hydrogens (tertiary/aromatic N) is 2. The van der Waals surface area contributed by atoms with Gasteiger partial charge in [0.05, 0.1) is 16.9 Å². The first-order valence-electron chi connectivity index (χ1n) is 5.76. The van der Waals surface area contributed by atoms with Crippen LogP contribution < -0.4 is 5.32 Å². The van der Waals surface area contributed by atoms with E-state index in [2.05, 4.69) is 10.4 Å². The van der Waals surface area contributed by atoms with Gasteiger partial charge in [-0.05, 0) is 25.1 Å². The number of anilines is 1. The second kappa shape index (κ2) is 4.99. The van der Waals surface area contributed by atoms with Gasteiger partial charge in [0.25, 0.3) is 5.91 Å². The number of carbonyl (C=O) groups is 1. The smallest absolute Gasteiger partial charge is 0.319 e. The molecule has 0 aliphatic carbocycles. The molecule has 7 heteroatoms. The molecule has 0 aliphatic heterocycles. The summed E-state index contributed by atoms with van der Waals surface area (Å²) in [7, 11) is 1.69. The summed E-state index contributed by atoms with van der Waals surface area (Å²) in [5.41, 5.74) is 0.152. The predicted molar refractivity (Wildman–Crippen MR) is 67.3 cm³/mol. The van der Waals surface area contributed by atoms with E-state index in [1.165, 1.54) is 16.8 Å². The third-order valence-corrected chi connectivity index (χ3v) is 2.71. The van der Waals surface area contributed by atoms with E-state index in [0.717, 1.165) is 12.1 Å². The highest BCUT2D eigenvalue weighted by Crippen LogP contribution is 2.29. The van der Waals surface area contributed by atoms with Gasteiger partial charge in [0, 0.05) is 18.8 Å². The van der Waals surface area contributed by atoms with Crippen LogP contribution in [0.15, 0.2) is 30.5 Å². The van der Waals surface area contributed by atoms with Gasteiger partial charge in [-0.3, -0.25) is 9.48 Å². The van der Waals surface area contributed by atoms with Crippen LogP contribution in [0.25, 0.3) is 0 Å². The number of amides is 1. The van der Waals surface area contributed by atoms with Gasteiger partial charge in [-0.15, -0.1) is 0 Å². The van der Waals surface area contributed by atoms with Crippen molar-refractivity contribution in [2.75, 3.05) is 5.32 Å². The zero-order valence-electron chi connectivity index (χ0n) is 10.8. The lowest BCUT2D eigenvalue weighted by Gasteiger charge is -2.08. The van der Waals surface area contributed by atoms with E-state index in [1.807, 2.05) is 0 Å². The van der Waals surface area contributed by atoms with Crippen LogP contribution >= 0.6 is 0 Å². The molecule has 0 spiro atoms. The SMILES string of the molecule is Cc1nn(C)cc1NC(=O)c1cccc(C(F)(F)F)c1. The van der Waals surface area contributed by atoms with Crippen molar-refractivity contribution in [3.63, 3.8) is 0 Å². The van der Waals surface area contributed by atoms with E-state index in [-0.39, 0.29) is 5.56 Å². The molecule has 0 atom stereocenters. The zero-order valence-corrected chi connectivity index (χ0v) is 10.8. The van der Waals surface area contributed by atoms with Crippen LogP contribution in [0.4, 0.5) is 18.9 Å². The number of aromatic nitrogens is 2. The minimum absolute atomic E-state index is 0.0527. The van der Waals surface area contributed by atoms with E-state index in [4.69, 9.17) is 0 Å². The maximum Gasteiger partial charge on any atom is 0.416 e. The van der Waals surface area contributed by atoms with Crippen molar-refractivity contribution in [1.82, 2.24) is 9.78 Å². The van der Waals surface area contributed by atoms with Gasteiger partial charge < -0.3 is 5.32 Å². The molecule has 1 aromatic carbocycles. The second-order valence-corrected chi connectivity index (χ2v) is 4.33. The van der Waals surface area contributed by atoms with Crippen molar-refractivity contribution in [2.45, 2.75) is 13.1 Å². The number of benzene rings is 1. The van der Waals surface area contributed by atoms with Gasteiger partial charge in [-0.25, -0.2) is 0 Å². The molecule has 2 aromatic rings. The Morgan fingerprint density at radius 1 is 1.35 bits per heavy atom. The van der Waals surface area contributed by atoms with E-state index in [1.54, 1.807) is 20.2 Å². The quantitative estimate of drug-likeness (QED) is 0.921. The molecule has 1 N–H and O–H groups in total. The lowest BCUT2D eigenvalue weighted by atomic mass is 10.1. The van der Waals surface area contributed by atoms with Crippen LogP contribution in [-0.4, -0.2) is 15.7 Å². The van der Waals surface area contributed by atoms with Crippen molar-refractivity contribution in [3.8, 4) is 0 Å². The van der Waals surface area contributed by atoms with Gasteiger partial charge in [0.1, 0.15) is 0 Å². The molecule has 20 heavy (non-hydrogen) atoms. The highest BCUT2D eigenvalue weighted by Gasteiger charge is 2.30. The summed E-state index contributed by atoms with van der Waals surface area (Å²) in [6.07, 6.45) is -2.89. The Morgan fingerprint density at radius 2 is 2.05 bits per heavy atom. The minimum atomic E-state index is -4.47. The number of aryl methyl sites for hydroxylation is 2. The van der Waals surface area contributed by atoms with Crippen molar-refractivity contribution >= 4 is 11.6 Å². The third-order valence-electron chi connectivity index (χ3n) is 2.71. The molecule has 0 saturated carbocycles. The molecule has 0 radical (unpaired) electrons. The molecule has 1 amide bonds. The van der Waals surface area contributed by atoms with Gasteiger partial charge in [0.15, 0.2) is 0 Å². The largest absolute Gasteiger partial charge is 0.416 e. The fraction of sp³-hybridized carbons (Fsp3) is 0.231. The highest BCUT2D eigenvalue weighted by molar-refractivity contribution is 6.04. The Bertz CT molecular complexity index is 647. The lowest BCUT2D eigenvalue weighted by molar-refractivity contribution is -0.137. The topological polar surface area (TPSA) is 46.9 Å². The summed E-state index contributed by atoms with van der Waals surface area (Å²) in [5, 5.41) is 6.57. The minimum Gasteiger partial charge on any atom is -0.319 e. The molecule has 1 aromatic heterocycles. The molecule has 0 aliphatic rings. The number of rotatable bonds is 2.